The highest BCUT2D eigenvalue weighted by atomic mass is 16.6. The van der Waals surface area contributed by atoms with E-state index in [1.807, 2.05) is 0 Å². The molecule has 0 fully saturated rings. The summed E-state index contributed by atoms with van der Waals surface area (Å²) in [7, 11) is 0. The van der Waals surface area contributed by atoms with Crippen LogP contribution in [0.5, 0.6) is 0 Å². The Kier molecular flexibility index (Phi) is 7.41. The molecule has 0 aliphatic rings. The van der Waals surface area contributed by atoms with Crippen molar-refractivity contribution in [1.29, 1.82) is 0 Å². The van der Waals surface area contributed by atoms with Crippen molar-refractivity contribution in [2.45, 2.75) is 33.3 Å². The van der Waals surface area contributed by atoms with Crippen LogP contribution in [0.2, 0.25) is 0 Å². The number of benzene rings is 1. The molecule has 1 amide bonds. The Bertz CT molecular complexity index is 678. The molecule has 0 saturated carbocycles. The van der Waals surface area contributed by atoms with Gasteiger partial charge in [0.05, 0.1) is 22.0 Å². The Hall–Kier alpha value is -2.79. The van der Waals surface area contributed by atoms with E-state index in [1.54, 1.807) is 20.8 Å². The number of nitro benzene ring substituents is 2. The summed E-state index contributed by atoms with van der Waals surface area (Å²) < 4.78 is 5.60. The van der Waals surface area contributed by atoms with E-state index in [4.69, 9.17) is 10.6 Å². The smallest absolute Gasteiger partial charge is 0.299 e. The lowest BCUT2D eigenvalue weighted by atomic mass is 9.89. The molecule has 1 rings (SSSR count). The number of hydrazine groups is 1. The van der Waals surface area contributed by atoms with Gasteiger partial charge in [-0.2, -0.15) is 0 Å². The molecule has 1 aromatic carbocycles. The molecule has 4 N–H and O–H groups in total. The normalized spacial score (nSPS) is 12.3. The van der Waals surface area contributed by atoms with Crippen molar-refractivity contribution in [3.63, 3.8) is 0 Å². The van der Waals surface area contributed by atoms with Gasteiger partial charge in [0.1, 0.15) is 5.69 Å². The second-order valence-electron chi connectivity index (χ2n) is 6.39. The monoisotopic (exact) mass is 369 g/mol. The van der Waals surface area contributed by atoms with Gasteiger partial charge in [-0.25, -0.2) is 5.84 Å². The standard InChI is InChI=1S/C15H23N5O6/c1-10(26-7-6-15(2,3)14(21)18-16)9-17-12-5-4-11(19(22)23)8-13(12)20(24)25/h4-5,8,10,17H,6-7,9,16H2,1-3H3,(H,18,21). The highest BCUT2D eigenvalue weighted by molar-refractivity contribution is 5.81. The Labute approximate surface area is 150 Å². The van der Waals surface area contributed by atoms with E-state index in [0.29, 0.717) is 13.0 Å². The molecular weight excluding hydrogens is 346 g/mol. The van der Waals surface area contributed by atoms with E-state index in [9.17, 15) is 25.0 Å². The molecular formula is C15H23N5O6. The lowest BCUT2D eigenvalue weighted by molar-refractivity contribution is -0.393. The van der Waals surface area contributed by atoms with Crippen molar-refractivity contribution in [1.82, 2.24) is 5.43 Å². The lowest BCUT2D eigenvalue weighted by Gasteiger charge is -2.23. The van der Waals surface area contributed by atoms with Crippen molar-refractivity contribution in [2.24, 2.45) is 11.3 Å². The number of amides is 1. The summed E-state index contributed by atoms with van der Waals surface area (Å²) in [6.07, 6.45) is 0.138. The van der Waals surface area contributed by atoms with E-state index in [0.717, 1.165) is 6.07 Å². The maximum absolute atomic E-state index is 11.6. The molecule has 144 valence electrons. The predicted molar refractivity (Wildman–Crippen MR) is 94.4 cm³/mol. The number of nitro groups is 2. The molecule has 1 atom stereocenters. The first-order valence-corrected chi connectivity index (χ1v) is 7.88. The number of non-ortho nitro benzene ring substituents is 1. The Morgan fingerprint density at radius 3 is 2.50 bits per heavy atom. The van der Waals surface area contributed by atoms with Gasteiger partial charge in [-0.1, -0.05) is 13.8 Å². The van der Waals surface area contributed by atoms with E-state index in [-0.39, 0.29) is 35.6 Å². The van der Waals surface area contributed by atoms with Gasteiger partial charge in [0, 0.05) is 24.6 Å². The summed E-state index contributed by atoms with van der Waals surface area (Å²) in [5.41, 5.74) is 0.848. The van der Waals surface area contributed by atoms with Crippen molar-refractivity contribution in [2.75, 3.05) is 18.5 Å². The van der Waals surface area contributed by atoms with E-state index >= 15 is 0 Å². The Morgan fingerprint density at radius 1 is 1.31 bits per heavy atom. The van der Waals surface area contributed by atoms with E-state index in [2.05, 4.69) is 10.7 Å². The van der Waals surface area contributed by atoms with Gasteiger partial charge >= 0.3 is 0 Å². The highest BCUT2D eigenvalue weighted by Gasteiger charge is 2.26. The number of hydrogen-bond acceptors (Lipinski definition) is 8. The number of nitrogens with two attached hydrogens (primary N) is 1. The molecule has 11 nitrogen and oxygen atoms in total. The molecule has 26 heavy (non-hydrogen) atoms. The molecule has 0 bridgehead atoms. The summed E-state index contributed by atoms with van der Waals surface area (Å²) in [5, 5.41) is 24.7. The van der Waals surface area contributed by atoms with Gasteiger partial charge in [0.15, 0.2) is 0 Å². The molecule has 1 unspecified atom stereocenters. The molecule has 0 spiro atoms. The van der Waals surface area contributed by atoms with Crippen molar-refractivity contribution in [3.8, 4) is 0 Å². The molecule has 0 aliphatic heterocycles. The van der Waals surface area contributed by atoms with Crippen LogP contribution in [0.15, 0.2) is 18.2 Å². The minimum Gasteiger partial charge on any atom is -0.377 e. The van der Waals surface area contributed by atoms with Crippen LogP contribution in [0.25, 0.3) is 0 Å². The fraction of sp³-hybridized carbons (Fsp3) is 0.533. The van der Waals surface area contributed by atoms with Crippen LogP contribution >= 0.6 is 0 Å². The van der Waals surface area contributed by atoms with Crippen LogP contribution < -0.4 is 16.6 Å². The minimum absolute atomic E-state index is 0.166. The maximum atomic E-state index is 11.6. The van der Waals surface area contributed by atoms with Crippen LogP contribution in [0.4, 0.5) is 17.1 Å². The minimum atomic E-state index is -0.693. The van der Waals surface area contributed by atoms with E-state index < -0.39 is 15.3 Å². The fourth-order valence-electron chi connectivity index (χ4n) is 2.07. The number of carbonyl (C=O) groups is 1. The number of nitrogens with one attached hydrogen (secondary N) is 2. The molecule has 0 saturated heterocycles. The number of rotatable bonds is 10. The molecule has 1 aromatic rings. The average Bonchev–Trinajstić information content (AvgIpc) is 2.58. The zero-order valence-corrected chi connectivity index (χ0v) is 14.9. The predicted octanol–water partition coefficient (Wildman–Crippen LogP) is 1.73. The fourth-order valence-corrected chi connectivity index (χ4v) is 2.07. The molecule has 11 heteroatoms. The highest BCUT2D eigenvalue weighted by Crippen LogP contribution is 2.29. The van der Waals surface area contributed by atoms with Crippen molar-refractivity contribution in [3.05, 3.63) is 38.4 Å². The largest absolute Gasteiger partial charge is 0.377 e. The quantitative estimate of drug-likeness (QED) is 0.243. The van der Waals surface area contributed by atoms with Crippen molar-refractivity contribution < 1.29 is 19.4 Å². The van der Waals surface area contributed by atoms with Gasteiger partial charge < -0.3 is 10.1 Å². The van der Waals surface area contributed by atoms with Gasteiger partial charge in [-0.15, -0.1) is 0 Å². The van der Waals surface area contributed by atoms with Crippen LogP contribution in [0.1, 0.15) is 27.2 Å². The third kappa shape index (κ3) is 5.93. The zero-order chi connectivity index (χ0) is 19.9. The molecule has 0 heterocycles. The first kappa shape index (κ1) is 21.3. The van der Waals surface area contributed by atoms with Gasteiger partial charge in [0.2, 0.25) is 5.91 Å². The number of anilines is 1. The topological polar surface area (TPSA) is 163 Å². The maximum Gasteiger partial charge on any atom is 0.299 e. The first-order chi connectivity index (χ1) is 12.1. The molecule has 0 aromatic heterocycles. The van der Waals surface area contributed by atoms with Crippen LogP contribution in [0.3, 0.4) is 0 Å². The number of ether oxygens (including phenoxy) is 1. The lowest BCUT2D eigenvalue weighted by Crippen LogP contribution is -2.41. The molecule has 0 aliphatic carbocycles. The third-order valence-corrected chi connectivity index (χ3v) is 3.84. The van der Waals surface area contributed by atoms with E-state index in [1.165, 1.54) is 12.1 Å². The number of nitrogens with zero attached hydrogens (tertiary/aromatic N) is 2. The summed E-state index contributed by atoms with van der Waals surface area (Å²) in [6, 6.07) is 3.38. The summed E-state index contributed by atoms with van der Waals surface area (Å²) >= 11 is 0. The summed E-state index contributed by atoms with van der Waals surface area (Å²) in [5.74, 6) is 4.82. The van der Waals surface area contributed by atoms with Gasteiger partial charge in [-0.3, -0.25) is 30.4 Å². The van der Waals surface area contributed by atoms with Crippen molar-refractivity contribution >= 4 is 23.0 Å². The SMILES string of the molecule is CC(CNc1ccc([N+](=O)[O-])cc1[N+](=O)[O-])OCCC(C)(C)C(=O)NN. The number of carbonyl (C=O) groups excluding carboxylic acids is 1. The van der Waals surface area contributed by atoms with Gasteiger partial charge in [-0.05, 0) is 19.4 Å². The number of hydrogen-bond donors (Lipinski definition) is 3. The summed E-state index contributed by atoms with van der Waals surface area (Å²) in [4.78, 5) is 32.0. The Balaban J connectivity index is 2.60. The summed E-state index contributed by atoms with van der Waals surface area (Å²) in [6.45, 7) is 5.79. The van der Waals surface area contributed by atoms with Crippen LogP contribution in [-0.4, -0.2) is 35.0 Å². The zero-order valence-electron chi connectivity index (χ0n) is 14.9. The Morgan fingerprint density at radius 2 is 1.96 bits per heavy atom. The second kappa shape index (κ2) is 9.06. The average molecular weight is 369 g/mol. The van der Waals surface area contributed by atoms with Gasteiger partial charge in [0.25, 0.3) is 11.4 Å². The van der Waals surface area contributed by atoms with Crippen LogP contribution in [0, 0.1) is 25.6 Å². The first-order valence-electron chi connectivity index (χ1n) is 7.88. The van der Waals surface area contributed by atoms with Crippen LogP contribution in [-0.2, 0) is 9.53 Å². The second-order valence-corrected chi connectivity index (χ2v) is 6.39. The third-order valence-electron chi connectivity index (χ3n) is 3.84. The molecule has 0 radical (unpaired) electrons.